The number of nitrogens with zero attached hydrogens (tertiary/aromatic N) is 5. The molecule has 28 heavy (non-hydrogen) atoms. The van der Waals surface area contributed by atoms with Crippen LogP contribution < -0.4 is 5.32 Å². The number of tetrazole rings is 1. The van der Waals surface area contributed by atoms with Crippen LogP contribution in [0.5, 0.6) is 0 Å². The maximum atomic E-state index is 5.72. The van der Waals surface area contributed by atoms with Gasteiger partial charge in [0.15, 0.2) is 6.33 Å². The van der Waals surface area contributed by atoms with Crippen molar-refractivity contribution in [3.63, 3.8) is 0 Å². The summed E-state index contributed by atoms with van der Waals surface area (Å²) >= 11 is 0. The first-order valence-corrected chi connectivity index (χ1v) is 10.2. The molecule has 1 N–H and O–H groups in total. The normalized spacial score (nSPS) is 33.4. The Morgan fingerprint density at radius 3 is 2.68 bits per heavy atom. The number of hydrogen-bond acceptors (Lipinski definition) is 6. The summed E-state index contributed by atoms with van der Waals surface area (Å²) in [7, 11) is 0. The molecule has 2 aromatic heterocycles. The second-order valence-electron chi connectivity index (χ2n) is 9.05. The molecule has 144 valence electrons. The van der Waals surface area contributed by atoms with Gasteiger partial charge in [-0.05, 0) is 67.7 Å². The predicted molar refractivity (Wildman–Crippen MR) is 102 cm³/mol. The molecule has 0 radical (unpaired) electrons. The van der Waals surface area contributed by atoms with Gasteiger partial charge in [-0.25, -0.2) is 4.98 Å². The number of benzene rings is 1. The molecule has 0 amide bonds. The zero-order valence-corrected chi connectivity index (χ0v) is 15.8. The zero-order valence-electron chi connectivity index (χ0n) is 15.8. The minimum Gasteiger partial charge on any atom is -0.444 e. The summed E-state index contributed by atoms with van der Waals surface area (Å²) in [5.74, 6) is 2.18. The number of rotatable bonds is 5. The lowest BCUT2D eigenvalue weighted by molar-refractivity contribution is -0.0854. The average Bonchev–Trinajstić information content (AvgIpc) is 3.39. The molecular weight excluding hydrogens is 352 g/mol. The molecule has 3 aromatic rings. The summed E-state index contributed by atoms with van der Waals surface area (Å²) in [6.07, 6.45) is 10.6. The Bertz CT molecular complexity index is 952. The Morgan fingerprint density at radius 2 is 1.93 bits per heavy atom. The van der Waals surface area contributed by atoms with Gasteiger partial charge in [-0.15, -0.1) is 10.2 Å². The highest BCUT2D eigenvalue weighted by molar-refractivity contribution is 5.52. The van der Waals surface area contributed by atoms with Crippen molar-refractivity contribution in [1.82, 2.24) is 30.5 Å². The second kappa shape index (κ2) is 5.98. The van der Waals surface area contributed by atoms with E-state index in [2.05, 4.69) is 20.7 Å². The predicted octanol–water partition coefficient (Wildman–Crippen LogP) is 3.17. The van der Waals surface area contributed by atoms with E-state index in [1.807, 2.05) is 35.1 Å². The lowest BCUT2D eigenvalue weighted by Crippen LogP contribution is -2.65. The van der Waals surface area contributed by atoms with Crippen molar-refractivity contribution in [2.45, 2.75) is 56.1 Å². The van der Waals surface area contributed by atoms with Gasteiger partial charge < -0.3 is 9.73 Å². The molecule has 2 unspecified atom stereocenters. The molecule has 7 heteroatoms. The van der Waals surface area contributed by atoms with E-state index in [9.17, 15) is 0 Å². The van der Waals surface area contributed by atoms with Gasteiger partial charge in [-0.2, -0.15) is 4.80 Å². The zero-order chi connectivity index (χ0) is 18.6. The molecule has 0 spiro atoms. The Hall–Kier alpha value is -2.54. The smallest absolute Gasteiger partial charge is 0.226 e. The third kappa shape index (κ3) is 2.60. The minimum atomic E-state index is 0.0343. The van der Waals surface area contributed by atoms with E-state index in [0.717, 1.165) is 36.1 Å². The largest absolute Gasteiger partial charge is 0.444 e. The third-order valence-electron chi connectivity index (χ3n) is 7.02. The van der Waals surface area contributed by atoms with Crippen LogP contribution in [0.1, 0.15) is 44.2 Å². The first kappa shape index (κ1) is 16.4. The summed E-state index contributed by atoms with van der Waals surface area (Å²) in [6, 6.07) is 10.1. The van der Waals surface area contributed by atoms with Crippen molar-refractivity contribution in [2.75, 3.05) is 0 Å². The minimum absolute atomic E-state index is 0.0343. The van der Waals surface area contributed by atoms with E-state index in [1.165, 1.54) is 32.1 Å². The molecule has 1 aromatic carbocycles. The highest BCUT2D eigenvalue weighted by atomic mass is 16.3. The van der Waals surface area contributed by atoms with Crippen LogP contribution in [0, 0.1) is 11.8 Å². The van der Waals surface area contributed by atoms with Crippen molar-refractivity contribution in [3.05, 3.63) is 48.6 Å². The van der Waals surface area contributed by atoms with Gasteiger partial charge in [-0.1, -0.05) is 18.2 Å². The van der Waals surface area contributed by atoms with Crippen LogP contribution in [-0.4, -0.2) is 30.7 Å². The third-order valence-corrected chi connectivity index (χ3v) is 7.02. The van der Waals surface area contributed by atoms with Gasteiger partial charge in [0.1, 0.15) is 6.26 Å². The molecule has 7 nitrogen and oxygen atoms in total. The molecule has 2 heterocycles. The molecule has 4 bridgehead atoms. The Morgan fingerprint density at radius 1 is 1.11 bits per heavy atom. The summed E-state index contributed by atoms with van der Waals surface area (Å²) in [4.78, 5) is 6.60. The summed E-state index contributed by atoms with van der Waals surface area (Å²) in [5.41, 5.74) is 2.15. The molecule has 4 saturated carbocycles. The molecular formula is C21H24N6O. The van der Waals surface area contributed by atoms with Crippen molar-refractivity contribution in [2.24, 2.45) is 11.8 Å². The summed E-state index contributed by atoms with van der Waals surface area (Å²) < 4.78 is 5.72. The van der Waals surface area contributed by atoms with E-state index >= 15 is 0 Å². The topological polar surface area (TPSA) is 81.7 Å². The quantitative estimate of drug-likeness (QED) is 0.737. The number of hydrogen-bond donors (Lipinski definition) is 1. The molecule has 2 atom stereocenters. The number of oxazole rings is 1. The van der Waals surface area contributed by atoms with Gasteiger partial charge in [0.2, 0.25) is 5.89 Å². The maximum Gasteiger partial charge on any atom is 0.226 e. The fourth-order valence-electron chi connectivity index (χ4n) is 6.42. The highest BCUT2D eigenvalue weighted by Crippen LogP contribution is 2.60. The Balaban J connectivity index is 1.22. The molecule has 4 fully saturated rings. The van der Waals surface area contributed by atoms with Gasteiger partial charge in [0.25, 0.3) is 0 Å². The number of nitrogens with one attached hydrogen (secondary N) is 1. The van der Waals surface area contributed by atoms with Gasteiger partial charge in [-0.3, -0.25) is 0 Å². The van der Waals surface area contributed by atoms with Crippen LogP contribution in [0.3, 0.4) is 0 Å². The molecule has 0 saturated heterocycles. The Kier molecular flexibility index (Phi) is 3.50. The lowest BCUT2D eigenvalue weighted by atomic mass is 9.50. The van der Waals surface area contributed by atoms with Gasteiger partial charge >= 0.3 is 0 Å². The monoisotopic (exact) mass is 376 g/mol. The summed E-state index contributed by atoms with van der Waals surface area (Å²) in [5, 5.41) is 16.6. The van der Waals surface area contributed by atoms with Crippen LogP contribution in [0.2, 0.25) is 0 Å². The first-order valence-electron chi connectivity index (χ1n) is 10.2. The van der Waals surface area contributed by atoms with Crippen LogP contribution in [0.25, 0.3) is 11.5 Å². The second-order valence-corrected chi connectivity index (χ2v) is 9.05. The Labute approximate surface area is 163 Å². The van der Waals surface area contributed by atoms with Crippen LogP contribution in [0.4, 0.5) is 0 Å². The fraction of sp³-hybridized carbons (Fsp3) is 0.524. The molecule has 7 rings (SSSR count). The molecule has 4 aliphatic carbocycles. The highest BCUT2D eigenvalue weighted by Gasteiger charge is 2.59. The van der Waals surface area contributed by atoms with Gasteiger partial charge in [0, 0.05) is 17.6 Å². The molecule has 4 aliphatic rings. The van der Waals surface area contributed by atoms with Crippen LogP contribution >= 0.6 is 0 Å². The van der Waals surface area contributed by atoms with E-state index in [4.69, 9.17) is 9.40 Å². The van der Waals surface area contributed by atoms with E-state index in [1.54, 1.807) is 12.6 Å². The standard InChI is InChI=1S/C21H24N6O/c1-2-4-17(5-3-1)19-25-18(12-28-19)11-22-20-7-15-6-16(8-20)10-21(9-15,13-20)27-24-14-23-26-27/h1-5,12,14-16,22H,6-11,13H2. The van der Waals surface area contributed by atoms with Gasteiger partial charge in [0.05, 0.1) is 11.2 Å². The SMILES string of the molecule is c1ccc(-c2nc(CNC34CC5CC(C3)CC(n3ncnn3)(C5)C4)co2)cc1. The maximum absolute atomic E-state index is 5.72. The van der Waals surface area contributed by atoms with E-state index < -0.39 is 0 Å². The fourth-order valence-corrected chi connectivity index (χ4v) is 6.42. The van der Waals surface area contributed by atoms with Crippen molar-refractivity contribution < 1.29 is 4.42 Å². The number of aromatic nitrogens is 5. The van der Waals surface area contributed by atoms with Crippen molar-refractivity contribution in [1.29, 1.82) is 0 Å². The molecule has 0 aliphatic heterocycles. The lowest BCUT2D eigenvalue weighted by Gasteiger charge is -2.61. The van der Waals surface area contributed by atoms with E-state index in [0.29, 0.717) is 5.89 Å². The van der Waals surface area contributed by atoms with Crippen LogP contribution in [0.15, 0.2) is 47.3 Å². The van der Waals surface area contributed by atoms with Crippen LogP contribution in [-0.2, 0) is 12.1 Å². The van der Waals surface area contributed by atoms with Crippen molar-refractivity contribution in [3.8, 4) is 11.5 Å². The van der Waals surface area contributed by atoms with Crippen molar-refractivity contribution >= 4 is 0 Å². The summed E-state index contributed by atoms with van der Waals surface area (Å²) in [6.45, 7) is 0.733. The first-order chi connectivity index (χ1) is 13.7. The van der Waals surface area contributed by atoms with E-state index in [-0.39, 0.29) is 11.1 Å². The average molecular weight is 376 g/mol.